The summed E-state index contributed by atoms with van der Waals surface area (Å²) in [7, 11) is 0. The monoisotopic (exact) mass is 254 g/mol. The van der Waals surface area contributed by atoms with E-state index in [1.807, 2.05) is 4.90 Å². The maximum atomic E-state index is 11.9. The van der Waals surface area contributed by atoms with Crippen LogP contribution in [0.3, 0.4) is 0 Å². The van der Waals surface area contributed by atoms with Gasteiger partial charge in [0.15, 0.2) is 0 Å². The zero-order valence-corrected chi connectivity index (χ0v) is 11.3. The Morgan fingerprint density at radius 3 is 2.78 bits per heavy atom. The van der Waals surface area contributed by atoms with Crippen molar-refractivity contribution in [3.63, 3.8) is 0 Å². The first-order valence-corrected chi connectivity index (χ1v) is 7.42. The molecule has 18 heavy (non-hydrogen) atoms. The number of nitrogens with one attached hydrogen (secondary N) is 1. The first kappa shape index (κ1) is 13.8. The summed E-state index contributed by atoms with van der Waals surface area (Å²) in [5.41, 5.74) is 0. The molecule has 2 aliphatic heterocycles. The standard InChI is InChI=1S/C14H26N2O2/c17-14(16-8-2-1-3-9-16)6-7-15-11-13-5-4-10-18-12-13/h13,15H,1-12H2. The highest BCUT2D eigenvalue weighted by atomic mass is 16.5. The molecule has 0 radical (unpaired) electrons. The highest BCUT2D eigenvalue weighted by Crippen LogP contribution is 2.12. The normalized spacial score (nSPS) is 25.1. The molecular weight excluding hydrogens is 228 g/mol. The van der Waals surface area contributed by atoms with E-state index in [0.29, 0.717) is 18.2 Å². The van der Waals surface area contributed by atoms with E-state index in [1.165, 1.54) is 32.1 Å². The number of likely N-dealkylation sites (tertiary alicyclic amines) is 1. The van der Waals surface area contributed by atoms with Gasteiger partial charge in [-0.25, -0.2) is 0 Å². The summed E-state index contributed by atoms with van der Waals surface area (Å²) in [6.45, 7) is 5.54. The lowest BCUT2D eigenvalue weighted by Gasteiger charge is -2.27. The Bertz CT molecular complexity index is 246. The lowest BCUT2D eigenvalue weighted by Crippen LogP contribution is -2.38. The van der Waals surface area contributed by atoms with Crippen molar-refractivity contribution < 1.29 is 9.53 Å². The lowest BCUT2D eigenvalue weighted by molar-refractivity contribution is -0.131. The fourth-order valence-corrected chi connectivity index (χ4v) is 2.77. The number of hydrogen-bond donors (Lipinski definition) is 1. The molecule has 1 amide bonds. The number of amides is 1. The second kappa shape index (κ2) is 7.74. The molecule has 2 fully saturated rings. The van der Waals surface area contributed by atoms with Crippen LogP contribution in [-0.4, -0.2) is 50.2 Å². The van der Waals surface area contributed by atoms with Crippen molar-refractivity contribution >= 4 is 5.91 Å². The molecule has 0 saturated carbocycles. The van der Waals surface area contributed by atoms with Crippen LogP contribution in [0.25, 0.3) is 0 Å². The quantitative estimate of drug-likeness (QED) is 0.754. The molecule has 2 saturated heterocycles. The zero-order valence-electron chi connectivity index (χ0n) is 11.3. The van der Waals surface area contributed by atoms with Crippen molar-refractivity contribution in [3.05, 3.63) is 0 Å². The minimum atomic E-state index is 0.321. The number of rotatable bonds is 5. The Morgan fingerprint density at radius 1 is 1.22 bits per heavy atom. The summed E-state index contributed by atoms with van der Waals surface area (Å²) in [5.74, 6) is 0.964. The number of carbonyl (C=O) groups is 1. The number of nitrogens with zero attached hydrogens (tertiary/aromatic N) is 1. The molecule has 4 nitrogen and oxygen atoms in total. The molecule has 0 spiro atoms. The summed E-state index contributed by atoms with van der Waals surface area (Å²) >= 11 is 0. The molecule has 4 heteroatoms. The fraction of sp³-hybridized carbons (Fsp3) is 0.929. The van der Waals surface area contributed by atoms with Gasteiger partial charge in [-0.1, -0.05) is 0 Å². The third-order valence-corrected chi connectivity index (χ3v) is 3.91. The van der Waals surface area contributed by atoms with Gasteiger partial charge in [-0.15, -0.1) is 0 Å². The number of piperidine rings is 1. The molecular formula is C14H26N2O2. The van der Waals surface area contributed by atoms with Crippen LogP contribution in [0.15, 0.2) is 0 Å². The number of hydrogen-bond acceptors (Lipinski definition) is 3. The molecule has 2 rings (SSSR count). The van der Waals surface area contributed by atoms with Gasteiger partial charge in [0, 0.05) is 39.2 Å². The summed E-state index contributed by atoms with van der Waals surface area (Å²) in [4.78, 5) is 13.9. The molecule has 0 bridgehead atoms. The van der Waals surface area contributed by atoms with Gasteiger partial charge < -0.3 is 15.0 Å². The minimum absolute atomic E-state index is 0.321. The van der Waals surface area contributed by atoms with Crippen LogP contribution in [0.1, 0.15) is 38.5 Å². The van der Waals surface area contributed by atoms with Crippen molar-refractivity contribution in [2.45, 2.75) is 38.5 Å². The third-order valence-electron chi connectivity index (χ3n) is 3.91. The van der Waals surface area contributed by atoms with Crippen molar-refractivity contribution in [1.82, 2.24) is 10.2 Å². The first-order valence-electron chi connectivity index (χ1n) is 7.42. The van der Waals surface area contributed by atoms with Gasteiger partial charge in [0.05, 0.1) is 6.61 Å². The van der Waals surface area contributed by atoms with E-state index in [2.05, 4.69) is 5.32 Å². The second-order valence-corrected chi connectivity index (χ2v) is 5.48. The van der Waals surface area contributed by atoms with E-state index < -0.39 is 0 Å². The van der Waals surface area contributed by atoms with Crippen LogP contribution >= 0.6 is 0 Å². The Hall–Kier alpha value is -0.610. The SMILES string of the molecule is O=C(CCNCC1CCCOC1)N1CCCCC1. The van der Waals surface area contributed by atoms with Crippen LogP contribution in [0.4, 0.5) is 0 Å². The maximum Gasteiger partial charge on any atom is 0.223 e. The van der Waals surface area contributed by atoms with Crippen molar-refractivity contribution in [1.29, 1.82) is 0 Å². The molecule has 104 valence electrons. The molecule has 1 atom stereocenters. The van der Waals surface area contributed by atoms with Crippen LogP contribution < -0.4 is 5.32 Å². The smallest absolute Gasteiger partial charge is 0.223 e. The minimum Gasteiger partial charge on any atom is -0.381 e. The largest absolute Gasteiger partial charge is 0.381 e. The molecule has 1 N–H and O–H groups in total. The maximum absolute atomic E-state index is 11.9. The lowest BCUT2D eigenvalue weighted by atomic mass is 10.0. The van der Waals surface area contributed by atoms with Crippen LogP contribution in [0, 0.1) is 5.92 Å². The third kappa shape index (κ3) is 4.58. The first-order chi connectivity index (χ1) is 8.86. The van der Waals surface area contributed by atoms with Gasteiger partial charge in [-0.3, -0.25) is 4.79 Å². The number of carbonyl (C=O) groups excluding carboxylic acids is 1. The Kier molecular flexibility index (Phi) is 5.94. The van der Waals surface area contributed by atoms with Gasteiger partial charge in [-0.2, -0.15) is 0 Å². The summed E-state index contributed by atoms with van der Waals surface area (Å²) < 4.78 is 5.44. The molecule has 0 aromatic carbocycles. The van der Waals surface area contributed by atoms with E-state index in [1.54, 1.807) is 0 Å². The van der Waals surface area contributed by atoms with E-state index in [4.69, 9.17) is 4.74 Å². The Labute approximate surface area is 110 Å². The van der Waals surface area contributed by atoms with Crippen molar-refractivity contribution in [2.24, 2.45) is 5.92 Å². The highest BCUT2D eigenvalue weighted by Gasteiger charge is 2.16. The average molecular weight is 254 g/mol. The van der Waals surface area contributed by atoms with Gasteiger partial charge >= 0.3 is 0 Å². The Morgan fingerprint density at radius 2 is 2.06 bits per heavy atom. The van der Waals surface area contributed by atoms with Gasteiger partial charge in [0.2, 0.25) is 5.91 Å². The topological polar surface area (TPSA) is 41.6 Å². The average Bonchev–Trinajstić information content (AvgIpc) is 2.45. The summed E-state index contributed by atoms with van der Waals surface area (Å²) in [6, 6.07) is 0. The second-order valence-electron chi connectivity index (χ2n) is 5.48. The molecule has 1 unspecified atom stereocenters. The van der Waals surface area contributed by atoms with E-state index in [0.717, 1.165) is 39.4 Å². The highest BCUT2D eigenvalue weighted by molar-refractivity contribution is 5.76. The molecule has 0 aliphatic carbocycles. The van der Waals surface area contributed by atoms with E-state index >= 15 is 0 Å². The van der Waals surface area contributed by atoms with E-state index in [9.17, 15) is 4.79 Å². The fourth-order valence-electron chi connectivity index (χ4n) is 2.77. The van der Waals surface area contributed by atoms with Crippen LogP contribution in [-0.2, 0) is 9.53 Å². The van der Waals surface area contributed by atoms with Crippen LogP contribution in [0.5, 0.6) is 0 Å². The molecule has 2 heterocycles. The predicted molar refractivity (Wildman–Crippen MR) is 71.5 cm³/mol. The predicted octanol–water partition coefficient (Wildman–Crippen LogP) is 1.41. The summed E-state index contributed by atoms with van der Waals surface area (Å²) in [6.07, 6.45) is 6.72. The molecule has 0 aromatic heterocycles. The van der Waals surface area contributed by atoms with Crippen molar-refractivity contribution in [2.75, 3.05) is 39.4 Å². The van der Waals surface area contributed by atoms with Gasteiger partial charge in [-0.05, 0) is 38.0 Å². The molecule has 0 aromatic rings. The zero-order chi connectivity index (χ0) is 12.6. The van der Waals surface area contributed by atoms with Crippen molar-refractivity contribution in [3.8, 4) is 0 Å². The molecule has 2 aliphatic rings. The van der Waals surface area contributed by atoms with Gasteiger partial charge in [0.25, 0.3) is 0 Å². The van der Waals surface area contributed by atoms with Gasteiger partial charge in [0.1, 0.15) is 0 Å². The van der Waals surface area contributed by atoms with Crippen LogP contribution in [0.2, 0.25) is 0 Å². The van der Waals surface area contributed by atoms with E-state index in [-0.39, 0.29) is 0 Å². The summed E-state index contributed by atoms with van der Waals surface area (Å²) in [5, 5.41) is 3.40. The number of ether oxygens (including phenoxy) is 1. The Balaban J connectivity index is 1.52.